The van der Waals surface area contributed by atoms with Crippen LogP contribution in [0.2, 0.25) is 0 Å². The van der Waals surface area contributed by atoms with E-state index in [1.165, 1.54) is 35.0 Å². The molecule has 0 amide bonds. The fraction of sp³-hybridized carbons (Fsp3) is 0.750. The van der Waals surface area contributed by atoms with Crippen LogP contribution in [-0.2, 0) is 11.3 Å². The molecule has 1 saturated carbocycles. The molecule has 1 saturated heterocycles. The molecule has 2 aliphatic rings. The standard InChI is InChI=1S/C16H25BrN2OS/c1-19(9-13-8-15(17)21-10-13)12-16(4-6-20-7-5-16)11-18-14-2-3-14/h8,10,14,18H,2-7,9,11-12H2,1H3. The van der Waals surface area contributed by atoms with Crippen LogP contribution in [0.15, 0.2) is 15.2 Å². The van der Waals surface area contributed by atoms with Crippen LogP contribution in [0, 0.1) is 5.41 Å². The lowest BCUT2D eigenvalue weighted by Gasteiger charge is -2.40. The normalized spacial score (nSPS) is 21.9. The third-order valence-corrected chi connectivity index (χ3v) is 6.13. The van der Waals surface area contributed by atoms with Crippen LogP contribution in [0.4, 0.5) is 0 Å². The van der Waals surface area contributed by atoms with E-state index in [9.17, 15) is 0 Å². The van der Waals surface area contributed by atoms with E-state index >= 15 is 0 Å². The van der Waals surface area contributed by atoms with E-state index in [2.05, 4.69) is 44.6 Å². The number of ether oxygens (including phenoxy) is 1. The van der Waals surface area contributed by atoms with Gasteiger partial charge in [0.15, 0.2) is 0 Å². The molecule has 0 bridgehead atoms. The van der Waals surface area contributed by atoms with Gasteiger partial charge < -0.3 is 15.0 Å². The lowest BCUT2D eigenvalue weighted by atomic mass is 9.79. The van der Waals surface area contributed by atoms with Crippen molar-refractivity contribution in [2.45, 2.75) is 38.3 Å². The van der Waals surface area contributed by atoms with Crippen LogP contribution in [0.1, 0.15) is 31.2 Å². The highest BCUT2D eigenvalue weighted by molar-refractivity contribution is 9.11. The Balaban J connectivity index is 1.56. The van der Waals surface area contributed by atoms with Gasteiger partial charge in [0.25, 0.3) is 0 Å². The van der Waals surface area contributed by atoms with Crippen molar-refractivity contribution < 1.29 is 4.74 Å². The van der Waals surface area contributed by atoms with Crippen molar-refractivity contribution in [1.82, 2.24) is 10.2 Å². The average Bonchev–Trinajstić information content (AvgIpc) is 3.21. The zero-order chi connectivity index (χ0) is 14.7. The van der Waals surface area contributed by atoms with E-state index < -0.39 is 0 Å². The molecule has 5 heteroatoms. The summed E-state index contributed by atoms with van der Waals surface area (Å²) in [5.74, 6) is 0. The number of halogens is 1. The zero-order valence-corrected chi connectivity index (χ0v) is 15.1. The topological polar surface area (TPSA) is 24.5 Å². The number of rotatable bonds is 7. The van der Waals surface area contributed by atoms with Crippen molar-refractivity contribution in [2.24, 2.45) is 5.41 Å². The molecule has 0 spiro atoms. The molecule has 0 radical (unpaired) electrons. The summed E-state index contributed by atoms with van der Waals surface area (Å²) in [6, 6.07) is 3.03. The molecule has 21 heavy (non-hydrogen) atoms. The molecule has 2 fully saturated rings. The number of nitrogens with one attached hydrogen (secondary N) is 1. The van der Waals surface area contributed by atoms with Gasteiger partial charge in [-0.1, -0.05) is 0 Å². The van der Waals surface area contributed by atoms with Gasteiger partial charge in [-0.05, 0) is 71.1 Å². The maximum absolute atomic E-state index is 5.60. The maximum atomic E-state index is 5.60. The summed E-state index contributed by atoms with van der Waals surface area (Å²) in [5, 5.41) is 6.00. The quantitative estimate of drug-likeness (QED) is 0.792. The summed E-state index contributed by atoms with van der Waals surface area (Å²) in [6.07, 6.45) is 5.10. The van der Waals surface area contributed by atoms with E-state index in [4.69, 9.17) is 4.74 Å². The zero-order valence-electron chi connectivity index (χ0n) is 12.7. The molecule has 3 nitrogen and oxygen atoms in total. The number of hydrogen-bond donors (Lipinski definition) is 1. The molecule has 0 unspecified atom stereocenters. The van der Waals surface area contributed by atoms with Crippen LogP contribution in [0.3, 0.4) is 0 Å². The van der Waals surface area contributed by atoms with Gasteiger partial charge in [-0.15, -0.1) is 11.3 Å². The smallest absolute Gasteiger partial charge is 0.0701 e. The number of nitrogens with zero attached hydrogens (tertiary/aromatic N) is 1. The molecule has 118 valence electrons. The molecule has 1 N–H and O–H groups in total. The summed E-state index contributed by atoms with van der Waals surface area (Å²) in [5.41, 5.74) is 1.80. The number of hydrogen-bond acceptors (Lipinski definition) is 4. The van der Waals surface area contributed by atoms with E-state index in [-0.39, 0.29) is 0 Å². The van der Waals surface area contributed by atoms with Crippen molar-refractivity contribution in [3.8, 4) is 0 Å². The van der Waals surface area contributed by atoms with Gasteiger partial charge in [0, 0.05) is 38.9 Å². The highest BCUT2D eigenvalue weighted by Crippen LogP contribution is 2.33. The minimum atomic E-state index is 0.392. The largest absolute Gasteiger partial charge is 0.381 e. The molecule has 0 atom stereocenters. The highest BCUT2D eigenvalue weighted by atomic mass is 79.9. The molecule has 3 rings (SSSR count). The van der Waals surface area contributed by atoms with E-state index in [0.717, 1.165) is 38.9 Å². The fourth-order valence-electron chi connectivity index (χ4n) is 3.21. The van der Waals surface area contributed by atoms with E-state index in [0.29, 0.717) is 5.41 Å². The Kier molecular flexibility index (Phi) is 5.38. The first-order chi connectivity index (χ1) is 10.2. The van der Waals surface area contributed by atoms with Gasteiger partial charge in [0.05, 0.1) is 3.79 Å². The first-order valence-corrected chi connectivity index (χ1v) is 9.55. The van der Waals surface area contributed by atoms with Gasteiger partial charge in [0.1, 0.15) is 0 Å². The molecule has 1 aliphatic carbocycles. The van der Waals surface area contributed by atoms with Gasteiger partial charge >= 0.3 is 0 Å². The van der Waals surface area contributed by atoms with Gasteiger partial charge in [-0.3, -0.25) is 0 Å². The van der Waals surface area contributed by atoms with Crippen molar-refractivity contribution >= 4 is 27.3 Å². The van der Waals surface area contributed by atoms with Crippen molar-refractivity contribution in [2.75, 3.05) is 33.4 Å². The van der Waals surface area contributed by atoms with E-state index in [1.54, 1.807) is 11.3 Å². The van der Waals surface area contributed by atoms with Gasteiger partial charge in [0.2, 0.25) is 0 Å². The second-order valence-electron chi connectivity index (χ2n) is 6.70. The predicted molar refractivity (Wildman–Crippen MR) is 91.9 cm³/mol. The number of thiophene rings is 1. The van der Waals surface area contributed by atoms with E-state index in [1.807, 2.05) is 0 Å². The van der Waals surface area contributed by atoms with Crippen molar-refractivity contribution in [1.29, 1.82) is 0 Å². The van der Waals surface area contributed by atoms with Crippen molar-refractivity contribution in [3.05, 3.63) is 20.8 Å². The Morgan fingerprint density at radius 1 is 1.43 bits per heavy atom. The summed E-state index contributed by atoms with van der Waals surface area (Å²) >= 11 is 5.32. The summed E-state index contributed by atoms with van der Waals surface area (Å²) < 4.78 is 6.82. The Bertz CT molecular complexity index is 455. The first kappa shape index (κ1) is 15.9. The van der Waals surface area contributed by atoms with Crippen LogP contribution < -0.4 is 5.32 Å². The lowest BCUT2D eigenvalue weighted by Crippen LogP contribution is -2.46. The maximum Gasteiger partial charge on any atom is 0.0701 e. The molecular formula is C16H25BrN2OS. The molecule has 2 heterocycles. The summed E-state index contributed by atoms with van der Waals surface area (Å²) in [4.78, 5) is 2.48. The lowest BCUT2D eigenvalue weighted by molar-refractivity contribution is -0.00181. The minimum Gasteiger partial charge on any atom is -0.381 e. The fourth-order valence-corrected chi connectivity index (χ4v) is 4.41. The SMILES string of the molecule is CN(Cc1csc(Br)c1)CC1(CNC2CC2)CCOCC1. The summed E-state index contributed by atoms with van der Waals surface area (Å²) in [6.45, 7) is 5.19. The summed E-state index contributed by atoms with van der Waals surface area (Å²) in [7, 11) is 2.25. The Hall–Kier alpha value is 0.0600. The third kappa shape index (κ3) is 4.76. The first-order valence-electron chi connectivity index (χ1n) is 7.88. The third-order valence-electron chi connectivity index (χ3n) is 4.58. The second kappa shape index (κ2) is 7.09. The minimum absolute atomic E-state index is 0.392. The van der Waals surface area contributed by atoms with Crippen LogP contribution in [0.25, 0.3) is 0 Å². The van der Waals surface area contributed by atoms with Crippen molar-refractivity contribution in [3.63, 3.8) is 0 Å². The molecular weight excluding hydrogens is 348 g/mol. The monoisotopic (exact) mass is 372 g/mol. The predicted octanol–water partition coefficient (Wildman–Crippen LogP) is 3.49. The average molecular weight is 373 g/mol. The Morgan fingerprint density at radius 2 is 2.19 bits per heavy atom. The van der Waals surface area contributed by atoms with Crippen LogP contribution in [-0.4, -0.2) is 44.3 Å². The Morgan fingerprint density at radius 3 is 2.81 bits per heavy atom. The van der Waals surface area contributed by atoms with Crippen LogP contribution in [0.5, 0.6) is 0 Å². The van der Waals surface area contributed by atoms with Gasteiger partial charge in [-0.2, -0.15) is 0 Å². The molecule has 0 aromatic carbocycles. The Labute approximate surface area is 140 Å². The second-order valence-corrected chi connectivity index (χ2v) is 8.99. The van der Waals surface area contributed by atoms with Crippen LogP contribution >= 0.6 is 27.3 Å². The molecule has 1 aliphatic heterocycles. The molecule has 1 aromatic heterocycles. The highest BCUT2D eigenvalue weighted by Gasteiger charge is 2.35. The van der Waals surface area contributed by atoms with Gasteiger partial charge in [-0.25, -0.2) is 0 Å². The molecule has 1 aromatic rings.